The van der Waals surface area contributed by atoms with Gasteiger partial charge in [-0.3, -0.25) is 19.7 Å². The third kappa shape index (κ3) is 3.60. The molecule has 0 radical (unpaired) electrons. The lowest BCUT2D eigenvalue weighted by molar-refractivity contribution is -0.136. The highest BCUT2D eigenvalue weighted by atomic mass is 16.5. The largest absolute Gasteiger partial charge is 0.379 e. The maximum absolute atomic E-state index is 12.8. The number of amides is 3. The van der Waals surface area contributed by atoms with Gasteiger partial charge >= 0.3 is 0 Å². The van der Waals surface area contributed by atoms with Gasteiger partial charge < -0.3 is 20.7 Å². The highest BCUT2D eigenvalue weighted by Gasteiger charge is 2.39. The number of hydrogen-bond donors (Lipinski definition) is 3. The Morgan fingerprint density at radius 1 is 1.33 bits per heavy atom. The van der Waals surface area contributed by atoms with Gasteiger partial charge in [-0.1, -0.05) is 12.1 Å². The van der Waals surface area contributed by atoms with Crippen LogP contribution in [0.2, 0.25) is 0 Å². The molecular weight excluding hydrogens is 348 g/mol. The first kappa shape index (κ1) is 18.1. The van der Waals surface area contributed by atoms with E-state index in [9.17, 15) is 14.4 Å². The second-order valence-electron chi connectivity index (χ2n) is 7.66. The van der Waals surface area contributed by atoms with Crippen molar-refractivity contribution in [2.24, 2.45) is 5.73 Å². The van der Waals surface area contributed by atoms with Crippen LogP contribution in [0.4, 0.5) is 0 Å². The zero-order chi connectivity index (χ0) is 19.0. The highest BCUT2D eigenvalue weighted by molar-refractivity contribution is 6.05. The van der Waals surface area contributed by atoms with Crippen LogP contribution >= 0.6 is 0 Å². The van der Waals surface area contributed by atoms with Crippen molar-refractivity contribution in [1.29, 1.82) is 0 Å². The molecule has 3 aliphatic rings. The van der Waals surface area contributed by atoms with Crippen LogP contribution in [-0.4, -0.2) is 54.0 Å². The van der Waals surface area contributed by atoms with E-state index in [4.69, 9.17) is 10.5 Å². The number of rotatable bonds is 5. The molecule has 1 aromatic carbocycles. The van der Waals surface area contributed by atoms with Crippen molar-refractivity contribution in [3.05, 3.63) is 34.9 Å². The van der Waals surface area contributed by atoms with Gasteiger partial charge in [-0.05, 0) is 30.0 Å². The maximum atomic E-state index is 12.8. The standard InChI is InChI=1S/C19H24N4O4/c20-19(5-6-27-11-19)10-21-8-12-1-2-13-9-23(18(26)14(13)7-12)15-3-4-16(24)22-17(15)25/h1-2,7,15,21H,3-6,8-11,20H2,(H,22,24,25). The molecule has 3 aliphatic heterocycles. The molecule has 1 aromatic rings. The topological polar surface area (TPSA) is 114 Å². The summed E-state index contributed by atoms with van der Waals surface area (Å²) in [5, 5.41) is 5.66. The van der Waals surface area contributed by atoms with Crippen molar-refractivity contribution >= 4 is 17.7 Å². The average molecular weight is 372 g/mol. The van der Waals surface area contributed by atoms with Gasteiger partial charge in [-0.15, -0.1) is 0 Å². The Bertz CT molecular complexity index is 788. The lowest BCUT2D eigenvalue weighted by Crippen LogP contribution is -2.52. The molecule has 4 N–H and O–H groups in total. The van der Waals surface area contributed by atoms with E-state index in [2.05, 4.69) is 10.6 Å². The number of ether oxygens (including phenoxy) is 1. The number of carbonyl (C=O) groups excluding carboxylic acids is 3. The maximum Gasteiger partial charge on any atom is 0.255 e. The zero-order valence-electron chi connectivity index (χ0n) is 15.1. The van der Waals surface area contributed by atoms with Gasteiger partial charge in [0.1, 0.15) is 6.04 Å². The molecule has 0 aromatic heterocycles. The van der Waals surface area contributed by atoms with Crippen LogP contribution in [-0.2, 0) is 27.4 Å². The molecule has 3 heterocycles. The third-order valence-electron chi connectivity index (χ3n) is 5.53. The second-order valence-corrected chi connectivity index (χ2v) is 7.66. The Labute approximate surface area is 157 Å². The van der Waals surface area contributed by atoms with Gasteiger partial charge in [0, 0.05) is 38.2 Å². The predicted octanol–water partition coefficient (Wildman–Crippen LogP) is -0.345. The predicted molar refractivity (Wildman–Crippen MR) is 96.5 cm³/mol. The number of benzene rings is 1. The van der Waals surface area contributed by atoms with Crippen molar-refractivity contribution in [1.82, 2.24) is 15.5 Å². The molecule has 2 atom stereocenters. The van der Waals surface area contributed by atoms with Gasteiger partial charge in [-0.25, -0.2) is 0 Å². The molecule has 0 bridgehead atoms. The minimum absolute atomic E-state index is 0.152. The monoisotopic (exact) mass is 372 g/mol. The highest BCUT2D eigenvalue weighted by Crippen LogP contribution is 2.28. The first-order valence-corrected chi connectivity index (χ1v) is 9.29. The molecule has 8 heteroatoms. The minimum Gasteiger partial charge on any atom is -0.379 e. The molecule has 3 amide bonds. The molecule has 27 heavy (non-hydrogen) atoms. The first-order chi connectivity index (χ1) is 13.0. The van der Waals surface area contributed by atoms with Crippen LogP contribution < -0.4 is 16.4 Å². The van der Waals surface area contributed by atoms with E-state index in [1.807, 2.05) is 18.2 Å². The summed E-state index contributed by atoms with van der Waals surface area (Å²) in [4.78, 5) is 37.8. The van der Waals surface area contributed by atoms with Gasteiger partial charge in [0.2, 0.25) is 11.8 Å². The van der Waals surface area contributed by atoms with E-state index >= 15 is 0 Å². The molecule has 0 spiro atoms. The van der Waals surface area contributed by atoms with Crippen molar-refractivity contribution in [3.63, 3.8) is 0 Å². The average Bonchev–Trinajstić information content (AvgIpc) is 3.20. The fraction of sp³-hybridized carbons (Fsp3) is 0.526. The molecule has 2 fully saturated rings. The van der Waals surface area contributed by atoms with E-state index in [1.165, 1.54) is 0 Å². The molecule has 0 aliphatic carbocycles. The fourth-order valence-electron chi connectivity index (χ4n) is 3.93. The number of piperidine rings is 1. The number of fused-ring (bicyclic) bond motifs is 1. The van der Waals surface area contributed by atoms with E-state index in [0.717, 1.165) is 17.5 Å². The van der Waals surface area contributed by atoms with E-state index in [1.54, 1.807) is 4.90 Å². The Balaban J connectivity index is 1.40. The molecule has 0 saturated carbocycles. The number of nitrogens with two attached hydrogens (primary N) is 1. The van der Waals surface area contributed by atoms with Crippen LogP contribution in [0.1, 0.15) is 40.7 Å². The van der Waals surface area contributed by atoms with Gasteiger partial charge in [-0.2, -0.15) is 0 Å². The van der Waals surface area contributed by atoms with Crippen molar-refractivity contribution in [2.75, 3.05) is 19.8 Å². The van der Waals surface area contributed by atoms with Crippen LogP contribution in [0.25, 0.3) is 0 Å². The summed E-state index contributed by atoms with van der Waals surface area (Å²) < 4.78 is 5.35. The smallest absolute Gasteiger partial charge is 0.255 e. The molecule has 8 nitrogen and oxygen atoms in total. The number of hydrogen-bond acceptors (Lipinski definition) is 6. The summed E-state index contributed by atoms with van der Waals surface area (Å²) in [6, 6.07) is 5.22. The summed E-state index contributed by atoms with van der Waals surface area (Å²) in [7, 11) is 0. The Hall–Kier alpha value is -2.29. The fourth-order valence-corrected chi connectivity index (χ4v) is 3.93. The van der Waals surface area contributed by atoms with Crippen molar-refractivity contribution in [3.8, 4) is 0 Å². The minimum atomic E-state index is -0.580. The molecule has 2 saturated heterocycles. The molecule has 4 rings (SSSR count). The van der Waals surface area contributed by atoms with E-state index in [0.29, 0.717) is 44.8 Å². The van der Waals surface area contributed by atoms with E-state index < -0.39 is 6.04 Å². The van der Waals surface area contributed by atoms with Crippen molar-refractivity contribution < 1.29 is 19.1 Å². The third-order valence-corrected chi connectivity index (χ3v) is 5.53. The summed E-state index contributed by atoms with van der Waals surface area (Å²) in [5.41, 5.74) is 8.46. The number of nitrogens with zero attached hydrogens (tertiary/aromatic N) is 1. The quantitative estimate of drug-likeness (QED) is 0.609. The Morgan fingerprint density at radius 3 is 2.93 bits per heavy atom. The van der Waals surface area contributed by atoms with E-state index in [-0.39, 0.29) is 29.7 Å². The lowest BCUT2D eigenvalue weighted by Gasteiger charge is -2.29. The lowest BCUT2D eigenvalue weighted by atomic mass is 10.0. The van der Waals surface area contributed by atoms with Gasteiger partial charge in [0.15, 0.2) is 0 Å². The Morgan fingerprint density at radius 2 is 2.19 bits per heavy atom. The second kappa shape index (κ2) is 7.03. The van der Waals surface area contributed by atoms with Gasteiger partial charge in [0.05, 0.1) is 12.1 Å². The van der Waals surface area contributed by atoms with Crippen molar-refractivity contribution in [2.45, 2.75) is 43.9 Å². The van der Waals surface area contributed by atoms with Gasteiger partial charge in [0.25, 0.3) is 5.91 Å². The molecular formula is C19H24N4O4. The van der Waals surface area contributed by atoms with Crippen LogP contribution in [0.5, 0.6) is 0 Å². The SMILES string of the molecule is NC1(CNCc2ccc3c(c2)C(=O)N(C2CCC(=O)NC2=O)C3)CCOC1. The summed E-state index contributed by atoms with van der Waals surface area (Å²) in [6.07, 6.45) is 1.47. The number of nitrogens with one attached hydrogen (secondary N) is 2. The molecule has 144 valence electrons. The summed E-state index contributed by atoms with van der Waals surface area (Å²) >= 11 is 0. The zero-order valence-corrected chi connectivity index (χ0v) is 15.1. The molecule has 2 unspecified atom stereocenters. The van der Waals surface area contributed by atoms with Crippen LogP contribution in [0, 0.1) is 0 Å². The number of carbonyl (C=O) groups is 3. The summed E-state index contributed by atoms with van der Waals surface area (Å²) in [5.74, 6) is -0.818. The normalized spacial score (nSPS) is 27.8. The Kier molecular flexibility index (Phi) is 4.71. The number of imide groups is 1. The first-order valence-electron chi connectivity index (χ1n) is 9.29. The van der Waals surface area contributed by atoms with Crippen LogP contribution in [0.3, 0.4) is 0 Å². The van der Waals surface area contributed by atoms with Crippen LogP contribution in [0.15, 0.2) is 18.2 Å². The summed E-state index contributed by atoms with van der Waals surface area (Å²) in [6.45, 7) is 2.92.